The van der Waals surface area contributed by atoms with Crippen LogP contribution < -0.4 is 16.2 Å². The molecule has 0 unspecified atom stereocenters. The molecule has 3 N–H and O–H groups in total. The van der Waals surface area contributed by atoms with Crippen LogP contribution in [0.25, 0.3) is 0 Å². The van der Waals surface area contributed by atoms with Crippen molar-refractivity contribution in [2.24, 2.45) is 5.84 Å². The Balaban J connectivity index is 1.86. The molecular weight excluding hydrogens is 258 g/mol. The molecule has 0 atom stereocenters. The number of carbonyl (C=O) groups is 3. The fourth-order valence-electron chi connectivity index (χ4n) is 2.27. The normalized spacial score (nSPS) is 13.6. The van der Waals surface area contributed by atoms with Gasteiger partial charge in [0, 0.05) is 13.0 Å². The molecule has 6 nitrogen and oxygen atoms in total. The fraction of sp³-hybridized carbons (Fsp3) is 0.357. The first-order valence-corrected chi connectivity index (χ1v) is 6.60. The summed E-state index contributed by atoms with van der Waals surface area (Å²) < 4.78 is 0. The summed E-state index contributed by atoms with van der Waals surface area (Å²) in [4.78, 5) is 36.1. The van der Waals surface area contributed by atoms with Crippen molar-refractivity contribution in [2.45, 2.75) is 25.7 Å². The van der Waals surface area contributed by atoms with Gasteiger partial charge in [-0.25, -0.2) is 5.84 Å². The van der Waals surface area contributed by atoms with E-state index in [2.05, 4.69) is 5.43 Å². The quantitative estimate of drug-likeness (QED) is 0.264. The first kappa shape index (κ1) is 14.2. The van der Waals surface area contributed by atoms with Gasteiger partial charge in [-0.2, -0.15) is 0 Å². The van der Waals surface area contributed by atoms with Crippen molar-refractivity contribution in [2.75, 3.05) is 11.4 Å². The van der Waals surface area contributed by atoms with E-state index in [1.165, 1.54) is 4.90 Å². The highest BCUT2D eigenvalue weighted by Gasteiger charge is 2.34. The molecule has 0 spiro atoms. The molecule has 106 valence electrons. The second-order valence-corrected chi connectivity index (χ2v) is 4.68. The van der Waals surface area contributed by atoms with Crippen LogP contribution >= 0.6 is 0 Å². The van der Waals surface area contributed by atoms with Gasteiger partial charge < -0.3 is 4.90 Å². The number of nitrogens with one attached hydrogen (secondary N) is 1. The van der Waals surface area contributed by atoms with E-state index in [1.54, 1.807) is 18.2 Å². The summed E-state index contributed by atoms with van der Waals surface area (Å²) in [5.41, 5.74) is 3.23. The molecule has 0 fully saturated rings. The molecule has 0 saturated carbocycles. The zero-order valence-electron chi connectivity index (χ0n) is 11.1. The molecule has 2 rings (SSSR count). The van der Waals surface area contributed by atoms with E-state index in [0.717, 1.165) is 12.8 Å². The van der Waals surface area contributed by atoms with Gasteiger partial charge in [0.05, 0.1) is 11.3 Å². The van der Waals surface area contributed by atoms with Crippen molar-refractivity contribution in [3.63, 3.8) is 0 Å². The number of hydrazine groups is 1. The molecule has 6 heteroatoms. The summed E-state index contributed by atoms with van der Waals surface area (Å²) in [6, 6.07) is 7.00. The van der Waals surface area contributed by atoms with E-state index >= 15 is 0 Å². The number of para-hydroxylation sites is 1. The number of carbonyl (C=O) groups excluding carboxylic acids is 3. The van der Waals surface area contributed by atoms with Crippen LogP contribution in [-0.4, -0.2) is 24.1 Å². The van der Waals surface area contributed by atoms with Crippen molar-refractivity contribution in [1.29, 1.82) is 0 Å². The molecule has 1 aliphatic heterocycles. The van der Waals surface area contributed by atoms with Gasteiger partial charge in [0.25, 0.3) is 11.7 Å². The monoisotopic (exact) mass is 275 g/mol. The van der Waals surface area contributed by atoms with Crippen LogP contribution in [0.5, 0.6) is 0 Å². The third kappa shape index (κ3) is 2.85. The Kier molecular flexibility index (Phi) is 4.47. The third-order valence-corrected chi connectivity index (χ3v) is 3.33. The number of benzene rings is 1. The fourth-order valence-corrected chi connectivity index (χ4v) is 2.27. The minimum absolute atomic E-state index is 0.192. The van der Waals surface area contributed by atoms with Crippen LogP contribution in [0, 0.1) is 0 Å². The third-order valence-electron chi connectivity index (χ3n) is 3.33. The number of amides is 2. The number of rotatable bonds is 6. The van der Waals surface area contributed by atoms with Gasteiger partial charge in [-0.3, -0.25) is 19.8 Å². The molecule has 1 aromatic carbocycles. The predicted molar refractivity (Wildman–Crippen MR) is 73.9 cm³/mol. The zero-order valence-corrected chi connectivity index (χ0v) is 11.1. The van der Waals surface area contributed by atoms with Crippen LogP contribution in [0.1, 0.15) is 36.0 Å². The van der Waals surface area contributed by atoms with Gasteiger partial charge in [0.2, 0.25) is 5.91 Å². The second-order valence-electron chi connectivity index (χ2n) is 4.68. The lowest BCUT2D eigenvalue weighted by Gasteiger charge is -2.16. The first-order chi connectivity index (χ1) is 9.65. The zero-order chi connectivity index (χ0) is 14.5. The number of hydrogen-bond donors (Lipinski definition) is 2. The van der Waals surface area contributed by atoms with E-state index in [1.807, 2.05) is 6.07 Å². The van der Waals surface area contributed by atoms with Crippen molar-refractivity contribution in [3.05, 3.63) is 29.8 Å². The molecule has 0 bridgehead atoms. The largest absolute Gasteiger partial charge is 0.305 e. The number of hydrogen-bond acceptors (Lipinski definition) is 4. The molecule has 1 aliphatic rings. The Bertz CT molecular complexity index is 542. The Morgan fingerprint density at radius 3 is 2.65 bits per heavy atom. The van der Waals surface area contributed by atoms with Gasteiger partial charge in [0.1, 0.15) is 0 Å². The summed E-state index contributed by atoms with van der Waals surface area (Å²) in [7, 11) is 0. The van der Waals surface area contributed by atoms with Gasteiger partial charge >= 0.3 is 0 Å². The maximum atomic E-state index is 11.9. The average molecular weight is 275 g/mol. The standard InChI is InChI=1S/C14H17N3O3/c15-16-12(18)8-2-1-5-9-17-11-7-4-3-6-10(11)13(19)14(17)20/h3-4,6-7H,1-2,5,8-9,15H2,(H,16,18). The molecular formula is C14H17N3O3. The van der Waals surface area contributed by atoms with Crippen LogP contribution in [0.4, 0.5) is 5.69 Å². The number of nitrogens with zero attached hydrogens (tertiary/aromatic N) is 1. The molecule has 2 amide bonds. The Labute approximate surface area is 116 Å². The van der Waals surface area contributed by atoms with Crippen molar-refractivity contribution < 1.29 is 14.4 Å². The Morgan fingerprint density at radius 1 is 1.15 bits per heavy atom. The number of nitrogens with two attached hydrogens (primary N) is 1. The van der Waals surface area contributed by atoms with E-state index in [-0.39, 0.29) is 5.91 Å². The number of ketones is 1. The minimum Gasteiger partial charge on any atom is -0.305 e. The van der Waals surface area contributed by atoms with E-state index in [0.29, 0.717) is 30.6 Å². The van der Waals surface area contributed by atoms with Crippen molar-refractivity contribution in [1.82, 2.24) is 5.43 Å². The number of anilines is 1. The maximum absolute atomic E-state index is 11.9. The maximum Gasteiger partial charge on any atom is 0.299 e. The smallest absolute Gasteiger partial charge is 0.299 e. The lowest BCUT2D eigenvalue weighted by Crippen LogP contribution is -2.31. The topological polar surface area (TPSA) is 92.5 Å². The van der Waals surface area contributed by atoms with Gasteiger partial charge in [-0.15, -0.1) is 0 Å². The summed E-state index contributed by atoms with van der Waals surface area (Å²) in [5, 5.41) is 0. The van der Waals surface area contributed by atoms with Crippen LogP contribution in [-0.2, 0) is 9.59 Å². The highest BCUT2D eigenvalue weighted by Crippen LogP contribution is 2.28. The van der Waals surface area contributed by atoms with Crippen LogP contribution in [0.15, 0.2) is 24.3 Å². The van der Waals surface area contributed by atoms with Gasteiger partial charge in [0.15, 0.2) is 0 Å². The molecule has 0 aliphatic carbocycles. The van der Waals surface area contributed by atoms with Crippen molar-refractivity contribution >= 4 is 23.3 Å². The van der Waals surface area contributed by atoms with Gasteiger partial charge in [-0.05, 0) is 25.0 Å². The van der Waals surface area contributed by atoms with E-state index < -0.39 is 11.7 Å². The van der Waals surface area contributed by atoms with Gasteiger partial charge in [-0.1, -0.05) is 18.6 Å². The molecule has 20 heavy (non-hydrogen) atoms. The lowest BCUT2D eigenvalue weighted by atomic mass is 10.1. The molecule has 0 saturated heterocycles. The lowest BCUT2D eigenvalue weighted by molar-refractivity contribution is -0.121. The number of fused-ring (bicyclic) bond motifs is 1. The second kappa shape index (κ2) is 6.29. The minimum atomic E-state index is -0.467. The Hall–Kier alpha value is -2.21. The Morgan fingerprint density at radius 2 is 1.90 bits per heavy atom. The highest BCUT2D eigenvalue weighted by atomic mass is 16.2. The van der Waals surface area contributed by atoms with Crippen molar-refractivity contribution in [3.8, 4) is 0 Å². The summed E-state index contributed by atoms with van der Waals surface area (Å²) in [5.74, 6) is 3.88. The summed E-state index contributed by atoms with van der Waals surface area (Å²) in [6.07, 6.45) is 2.62. The van der Waals surface area contributed by atoms with Crippen LogP contribution in [0.3, 0.4) is 0 Å². The SMILES string of the molecule is NNC(=O)CCCCCN1C(=O)C(=O)c2ccccc21. The summed E-state index contributed by atoms with van der Waals surface area (Å²) in [6.45, 7) is 0.492. The number of unbranched alkanes of at least 4 members (excludes halogenated alkanes) is 2. The number of Topliss-reactive ketones (excluding diaryl/α,β-unsaturated/α-hetero) is 1. The average Bonchev–Trinajstić information content (AvgIpc) is 2.71. The van der Waals surface area contributed by atoms with Crippen LogP contribution in [0.2, 0.25) is 0 Å². The molecule has 1 aromatic rings. The molecule has 1 heterocycles. The highest BCUT2D eigenvalue weighted by molar-refractivity contribution is 6.52. The summed E-state index contributed by atoms with van der Waals surface area (Å²) >= 11 is 0. The van der Waals surface area contributed by atoms with E-state index in [9.17, 15) is 14.4 Å². The molecule has 0 radical (unpaired) electrons. The predicted octanol–water partition coefficient (Wildman–Crippen LogP) is 0.766. The molecule has 0 aromatic heterocycles. The first-order valence-electron chi connectivity index (χ1n) is 6.60. The van der Waals surface area contributed by atoms with E-state index in [4.69, 9.17) is 5.84 Å².